The minimum absolute atomic E-state index is 0.0676. The smallest absolute Gasteiger partial charge is 0.146 e. The first-order valence-corrected chi connectivity index (χ1v) is 6.74. The quantitative estimate of drug-likeness (QED) is 0.820. The van der Waals surface area contributed by atoms with Gasteiger partial charge in [0.15, 0.2) is 0 Å². The van der Waals surface area contributed by atoms with Crippen molar-refractivity contribution in [2.45, 2.75) is 12.8 Å². The molecule has 3 nitrogen and oxygen atoms in total. The number of halogens is 1. The molecule has 0 bridgehead atoms. The van der Waals surface area contributed by atoms with Crippen LogP contribution in [0, 0.1) is 5.82 Å². The first kappa shape index (κ1) is 11.8. The lowest BCUT2D eigenvalue weighted by molar-refractivity contribution is 0.311. The summed E-state index contributed by atoms with van der Waals surface area (Å²) in [5, 5.41) is 3.37. The Kier molecular flexibility index (Phi) is 3.12. The van der Waals surface area contributed by atoms with Gasteiger partial charge in [-0.25, -0.2) is 4.39 Å². The molecule has 98 valence electrons. The molecule has 1 fully saturated rings. The third kappa shape index (κ3) is 2.17. The SMILES string of the molecule is CN1CCN(c2cc3c(cc2F)CCCN3)CC1. The van der Waals surface area contributed by atoms with Crippen molar-refractivity contribution in [1.29, 1.82) is 0 Å². The highest BCUT2D eigenvalue weighted by Gasteiger charge is 2.20. The molecule has 3 rings (SSSR count). The van der Waals surface area contributed by atoms with Gasteiger partial charge in [-0.05, 0) is 37.6 Å². The number of hydrogen-bond acceptors (Lipinski definition) is 3. The van der Waals surface area contributed by atoms with Gasteiger partial charge < -0.3 is 15.1 Å². The minimum Gasteiger partial charge on any atom is -0.385 e. The summed E-state index contributed by atoms with van der Waals surface area (Å²) < 4.78 is 14.2. The van der Waals surface area contributed by atoms with Gasteiger partial charge in [0.25, 0.3) is 0 Å². The minimum atomic E-state index is -0.0676. The fourth-order valence-corrected chi connectivity index (χ4v) is 2.77. The molecule has 1 aromatic rings. The molecule has 18 heavy (non-hydrogen) atoms. The van der Waals surface area contributed by atoms with Crippen LogP contribution in [-0.4, -0.2) is 44.7 Å². The van der Waals surface area contributed by atoms with Crippen LogP contribution in [0.2, 0.25) is 0 Å². The normalized spacial score (nSPS) is 20.4. The van der Waals surface area contributed by atoms with Crippen molar-refractivity contribution in [2.24, 2.45) is 0 Å². The Hall–Kier alpha value is -1.29. The zero-order chi connectivity index (χ0) is 12.5. The highest BCUT2D eigenvalue weighted by atomic mass is 19.1. The molecule has 2 heterocycles. The molecule has 0 amide bonds. The molecule has 2 aliphatic rings. The molecule has 1 aromatic carbocycles. The van der Waals surface area contributed by atoms with Crippen molar-refractivity contribution in [3.8, 4) is 0 Å². The molecule has 0 atom stereocenters. The van der Waals surface area contributed by atoms with Gasteiger partial charge in [-0.2, -0.15) is 0 Å². The number of fused-ring (bicyclic) bond motifs is 1. The lowest BCUT2D eigenvalue weighted by Crippen LogP contribution is -2.44. The second-order valence-corrected chi connectivity index (χ2v) is 5.28. The Morgan fingerprint density at radius 1 is 1.17 bits per heavy atom. The monoisotopic (exact) mass is 249 g/mol. The Morgan fingerprint density at radius 2 is 1.94 bits per heavy atom. The highest BCUT2D eigenvalue weighted by molar-refractivity contribution is 5.64. The third-order valence-electron chi connectivity index (χ3n) is 3.95. The van der Waals surface area contributed by atoms with Crippen molar-refractivity contribution in [3.05, 3.63) is 23.5 Å². The molecular weight excluding hydrogens is 229 g/mol. The van der Waals surface area contributed by atoms with E-state index in [0.29, 0.717) is 0 Å². The van der Waals surface area contributed by atoms with Gasteiger partial charge in [0.2, 0.25) is 0 Å². The van der Waals surface area contributed by atoms with Crippen LogP contribution >= 0.6 is 0 Å². The number of hydrogen-bond donors (Lipinski definition) is 1. The van der Waals surface area contributed by atoms with Crippen molar-refractivity contribution < 1.29 is 4.39 Å². The van der Waals surface area contributed by atoms with Crippen LogP contribution in [0.1, 0.15) is 12.0 Å². The number of benzene rings is 1. The predicted molar refractivity (Wildman–Crippen MR) is 72.9 cm³/mol. The van der Waals surface area contributed by atoms with Crippen molar-refractivity contribution >= 4 is 11.4 Å². The number of piperazine rings is 1. The average Bonchev–Trinajstić information content (AvgIpc) is 2.39. The van der Waals surface area contributed by atoms with E-state index < -0.39 is 0 Å². The Morgan fingerprint density at radius 3 is 2.72 bits per heavy atom. The maximum absolute atomic E-state index is 14.2. The summed E-state index contributed by atoms with van der Waals surface area (Å²) in [6, 6.07) is 3.71. The highest BCUT2D eigenvalue weighted by Crippen LogP contribution is 2.30. The molecule has 0 spiro atoms. The fraction of sp³-hybridized carbons (Fsp3) is 0.571. The van der Waals surface area contributed by atoms with Crippen molar-refractivity contribution in [3.63, 3.8) is 0 Å². The van der Waals surface area contributed by atoms with Crippen LogP contribution in [0.5, 0.6) is 0 Å². The maximum Gasteiger partial charge on any atom is 0.146 e. The fourth-order valence-electron chi connectivity index (χ4n) is 2.77. The largest absolute Gasteiger partial charge is 0.385 e. The maximum atomic E-state index is 14.2. The number of likely N-dealkylation sites (N-methyl/N-ethyl adjacent to an activating group) is 1. The first-order chi connectivity index (χ1) is 8.74. The number of rotatable bonds is 1. The molecule has 0 radical (unpaired) electrons. The molecule has 0 saturated carbocycles. The number of nitrogens with one attached hydrogen (secondary N) is 1. The second kappa shape index (κ2) is 4.76. The lowest BCUT2D eigenvalue weighted by atomic mass is 10.0. The van der Waals surface area contributed by atoms with Crippen LogP contribution in [0.15, 0.2) is 12.1 Å². The van der Waals surface area contributed by atoms with Gasteiger partial charge in [-0.3, -0.25) is 0 Å². The summed E-state index contributed by atoms with van der Waals surface area (Å²) in [6.07, 6.45) is 2.09. The Balaban J connectivity index is 1.87. The lowest BCUT2D eigenvalue weighted by Gasteiger charge is -2.35. The summed E-state index contributed by atoms with van der Waals surface area (Å²) in [5.41, 5.74) is 3.00. The van der Waals surface area contributed by atoms with Crippen LogP contribution in [0.4, 0.5) is 15.8 Å². The average molecular weight is 249 g/mol. The van der Waals surface area contributed by atoms with E-state index in [0.717, 1.165) is 62.5 Å². The standard InChI is InChI=1S/C14H20FN3/c1-17-5-7-18(8-6-17)14-10-13-11(9-12(14)15)3-2-4-16-13/h9-10,16H,2-8H2,1H3. The van der Waals surface area contributed by atoms with Crippen molar-refractivity contribution in [1.82, 2.24) is 4.90 Å². The summed E-state index contributed by atoms with van der Waals surface area (Å²) in [6.45, 7) is 4.83. The molecular formula is C14H20FN3. The predicted octanol–water partition coefficient (Wildman–Crippen LogP) is 1.94. The van der Waals surface area contributed by atoms with Gasteiger partial charge in [-0.1, -0.05) is 0 Å². The van der Waals surface area contributed by atoms with E-state index in [1.807, 2.05) is 6.07 Å². The molecule has 4 heteroatoms. The Bertz CT molecular complexity index is 439. The summed E-state index contributed by atoms with van der Waals surface area (Å²) in [7, 11) is 2.11. The molecule has 0 aromatic heterocycles. The van der Waals surface area contributed by atoms with Crippen molar-refractivity contribution in [2.75, 3.05) is 50.0 Å². The van der Waals surface area contributed by atoms with E-state index in [-0.39, 0.29) is 5.82 Å². The molecule has 2 aliphatic heterocycles. The second-order valence-electron chi connectivity index (χ2n) is 5.28. The third-order valence-corrected chi connectivity index (χ3v) is 3.95. The molecule has 1 N–H and O–H groups in total. The van der Waals surface area contributed by atoms with E-state index in [9.17, 15) is 4.39 Å². The number of nitrogens with zero attached hydrogens (tertiary/aromatic N) is 2. The first-order valence-electron chi connectivity index (χ1n) is 6.74. The van der Waals surface area contributed by atoms with Gasteiger partial charge >= 0.3 is 0 Å². The van der Waals surface area contributed by atoms with Gasteiger partial charge in [-0.15, -0.1) is 0 Å². The molecule has 1 saturated heterocycles. The summed E-state index contributed by atoms with van der Waals surface area (Å²) >= 11 is 0. The van der Waals surface area contributed by atoms with Crippen LogP contribution in [-0.2, 0) is 6.42 Å². The summed E-state index contributed by atoms with van der Waals surface area (Å²) in [4.78, 5) is 4.44. The number of aryl methyl sites for hydroxylation is 1. The zero-order valence-corrected chi connectivity index (χ0v) is 10.9. The molecule has 0 unspecified atom stereocenters. The molecule has 0 aliphatic carbocycles. The Labute approximate surface area is 108 Å². The number of anilines is 2. The van der Waals surface area contributed by atoms with Crippen LogP contribution < -0.4 is 10.2 Å². The van der Waals surface area contributed by atoms with E-state index in [1.165, 1.54) is 0 Å². The van der Waals surface area contributed by atoms with Gasteiger partial charge in [0.05, 0.1) is 5.69 Å². The van der Waals surface area contributed by atoms with Crippen LogP contribution in [0.3, 0.4) is 0 Å². The van der Waals surface area contributed by atoms with E-state index in [2.05, 4.69) is 22.2 Å². The van der Waals surface area contributed by atoms with E-state index in [4.69, 9.17) is 0 Å². The topological polar surface area (TPSA) is 18.5 Å². The zero-order valence-electron chi connectivity index (χ0n) is 10.9. The van der Waals surface area contributed by atoms with E-state index in [1.54, 1.807) is 6.07 Å². The van der Waals surface area contributed by atoms with Gasteiger partial charge in [0.1, 0.15) is 5.82 Å². The van der Waals surface area contributed by atoms with Gasteiger partial charge in [0, 0.05) is 38.4 Å². The van der Waals surface area contributed by atoms with Crippen LogP contribution in [0.25, 0.3) is 0 Å². The van der Waals surface area contributed by atoms with E-state index >= 15 is 0 Å². The summed E-state index contributed by atoms with van der Waals surface area (Å²) in [5.74, 6) is -0.0676.